The molecule has 4 heterocycles. The van der Waals surface area contributed by atoms with E-state index in [1.807, 2.05) is 36.3 Å². The van der Waals surface area contributed by atoms with Crippen LogP contribution in [0.5, 0.6) is 0 Å². The summed E-state index contributed by atoms with van der Waals surface area (Å²) in [5.41, 5.74) is 1.77. The number of carbonyl (C=O) groups excluding carboxylic acids is 1. The highest BCUT2D eigenvalue weighted by Gasteiger charge is 2.45. The van der Waals surface area contributed by atoms with Gasteiger partial charge in [-0.2, -0.15) is 4.98 Å². The van der Waals surface area contributed by atoms with Crippen LogP contribution in [0.15, 0.2) is 30.5 Å². The molecule has 0 spiro atoms. The van der Waals surface area contributed by atoms with Gasteiger partial charge in [0.1, 0.15) is 11.6 Å². The van der Waals surface area contributed by atoms with Crippen molar-refractivity contribution in [2.45, 2.75) is 58.7 Å². The molecule has 6 rings (SSSR count). The van der Waals surface area contributed by atoms with Gasteiger partial charge >= 0.3 is 6.09 Å². The van der Waals surface area contributed by atoms with Crippen LogP contribution in [0.25, 0.3) is 17.2 Å². The first-order chi connectivity index (χ1) is 19.0. The Balaban J connectivity index is 1.39. The number of imidazole rings is 1. The van der Waals surface area contributed by atoms with E-state index in [0.29, 0.717) is 39.9 Å². The van der Waals surface area contributed by atoms with Gasteiger partial charge < -0.3 is 15.3 Å². The minimum atomic E-state index is -1.00. The van der Waals surface area contributed by atoms with E-state index < -0.39 is 17.6 Å². The van der Waals surface area contributed by atoms with E-state index in [1.54, 1.807) is 24.4 Å². The lowest BCUT2D eigenvalue weighted by Gasteiger charge is -2.33. The summed E-state index contributed by atoms with van der Waals surface area (Å²) >= 11 is 12.6. The number of rotatable bonds is 5. The minimum absolute atomic E-state index is 0.0498. The third kappa shape index (κ3) is 4.88. The Hall–Kier alpha value is -3.37. The quantitative estimate of drug-likeness (QED) is 0.399. The van der Waals surface area contributed by atoms with Gasteiger partial charge in [-0.25, -0.2) is 14.8 Å². The fourth-order valence-corrected chi connectivity index (χ4v) is 6.06. The van der Waals surface area contributed by atoms with E-state index in [1.165, 1.54) is 4.90 Å². The highest BCUT2D eigenvalue weighted by Crippen LogP contribution is 2.47. The predicted octanol–water partition coefficient (Wildman–Crippen LogP) is 5.64. The van der Waals surface area contributed by atoms with Crippen LogP contribution in [0, 0.1) is 11.3 Å². The van der Waals surface area contributed by atoms with Crippen molar-refractivity contribution < 1.29 is 14.7 Å². The number of carbonyl (C=O) groups is 2. The topological polar surface area (TPSA) is 116 Å². The Kier molecular flexibility index (Phi) is 6.65. The Bertz CT molecular complexity index is 1500. The summed E-state index contributed by atoms with van der Waals surface area (Å²) in [6, 6.07) is 6.69. The van der Waals surface area contributed by atoms with Gasteiger partial charge in [-0.1, -0.05) is 44.0 Å². The van der Waals surface area contributed by atoms with Gasteiger partial charge in [0.2, 0.25) is 11.9 Å². The first-order valence-electron chi connectivity index (χ1n) is 13.5. The highest BCUT2D eigenvalue weighted by molar-refractivity contribution is 6.42. The number of nitrogens with one attached hydrogen (secondary N) is 1. The fourth-order valence-electron chi connectivity index (χ4n) is 5.77. The maximum absolute atomic E-state index is 12.5. The molecule has 1 aromatic carbocycles. The lowest BCUT2D eigenvalue weighted by Crippen LogP contribution is -2.36. The second-order valence-electron chi connectivity index (χ2n) is 11.8. The molecule has 0 bridgehead atoms. The van der Waals surface area contributed by atoms with E-state index in [0.717, 1.165) is 37.1 Å². The number of halogens is 2. The van der Waals surface area contributed by atoms with E-state index in [-0.39, 0.29) is 24.4 Å². The number of hydrogen-bond acceptors (Lipinski definition) is 6. The molecule has 0 radical (unpaired) electrons. The molecule has 2 fully saturated rings. The summed E-state index contributed by atoms with van der Waals surface area (Å²) in [7, 11) is 0. The summed E-state index contributed by atoms with van der Waals surface area (Å²) in [6.07, 6.45) is 3.47. The molecule has 1 aliphatic carbocycles. The minimum Gasteiger partial charge on any atom is -0.465 e. The second kappa shape index (κ2) is 9.92. The van der Waals surface area contributed by atoms with E-state index in [2.05, 4.69) is 10.3 Å². The second-order valence-corrected chi connectivity index (χ2v) is 12.7. The third-order valence-electron chi connectivity index (χ3n) is 7.77. The lowest BCUT2D eigenvalue weighted by molar-refractivity contribution is -0.131. The first-order valence-corrected chi connectivity index (χ1v) is 14.2. The molecule has 2 atom stereocenters. The van der Waals surface area contributed by atoms with Gasteiger partial charge in [0.05, 0.1) is 34.0 Å². The molecule has 1 saturated carbocycles. The smallest absolute Gasteiger partial charge is 0.408 e. The number of hydrogen-bond donors (Lipinski definition) is 2. The van der Waals surface area contributed by atoms with Crippen LogP contribution in [-0.2, 0) is 11.3 Å². The highest BCUT2D eigenvalue weighted by atomic mass is 35.5. The van der Waals surface area contributed by atoms with Crippen LogP contribution in [-0.4, -0.2) is 65.6 Å². The van der Waals surface area contributed by atoms with Crippen LogP contribution in [0.1, 0.15) is 57.5 Å². The zero-order valence-electron chi connectivity index (χ0n) is 22.6. The SMILES string of the molecule is CC(C)(C)C1c2nc(-c3ccc(Cl)c(Cl)c3)n(-c3ccnc(NC4CCN(C(=O)C5CC5)C4)n3)c2CN1C(=O)O. The number of nitrogens with zero attached hydrogens (tertiary/aromatic N) is 6. The summed E-state index contributed by atoms with van der Waals surface area (Å²) in [6.45, 7) is 7.53. The molecule has 3 aliphatic rings. The Morgan fingerprint density at radius 2 is 1.85 bits per heavy atom. The standard InChI is InChI=1S/C28H31Cl2N7O3/c1-28(2,3)23-22-20(14-36(23)27(39)40)37(24(34-22)16-6-7-18(29)19(30)12-16)21-8-10-31-26(33-21)32-17-9-11-35(13-17)25(38)15-4-5-15/h6-8,10,12,15,17,23H,4-5,9,11,13-14H2,1-3H3,(H,39,40)(H,31,32,33). The van der Waals surface area contributed by atoms with Crippen molar-refractivity contribution in [1.29, 1.82) is 0 Å². The van der Waals surface area contributed by atoms with Crippen molar-refractivity contribution >= 4 is 41.2 Å². The Morgan fingerprint density at radius 1 is 1.07 bits per heavy atom. The van der Waals surface area contributed by atoms with Gasteiger partial charge in [0.25, 0.3) is 0 Å². The molecule has 10 nitrogen and oxygen atoms in total. The average Bonchev–Trinajstić information content (AvgIpc) is 3.35. The number of amides is 2. The molecular weight excluding hydrogens is 553 g/mol. The number of fused-ring (bicyclic) bond motifs is 1. The maximum atomic E-state index is 12.5. The summed E-state index contributed by atoms with van der Waals surface area (Å²) in [5, 5.41) is 14.3. The maximum Gasteiger partial charge on any atom is 0.408 e. The first kappa shape index (κ1) is 26.8. The molecule has 1 saturated heterocycles. The van der Waals surface area contributed by atoms with E-state index in [9.17, 15) is 14.7 Å². The van der Waals surface area contributed by atoms with Crippen molar-refractivity contribution in [3.8, 4) is 17.2 Å². The third-order valence-corrected chi connectivity index (χ3v) is 8.51. The molecule has 2 amide bonds. The average molecular weight is 585 g/mol. The van der Waals surface area contributed by atoms with Crippen LogP contribution in [0.4, 0.5) is 10.7 Å². The zero-order chi connectivity index (χ0) is 28.3. The van der Waals surface area contributed by atoms with Crippen LogP contribution < -0.4 is 5.32 Å². The molecule has 2 aliphatic heterocycles. The van der Waals surface area contributed by atoms with E-state index >= 15 is 0 Å². The van der Waals surface area contributed by atoms with Crippen LogP contribution >= 0.6 is 23.2 Å². The normalized spacial score (nSPS) is 20.6. The Labute approximate surface area is 242 Å². The number of carboxylic acid groups (broad SMARTS) is 1. The van der Waals surface area contributed by atoms with Gasteiger partial charge in [0, 0.05) is 36.8 Å². The van der Waals surface area contributed by atoms with Crippen molar-refractivity contribution in [1.82, 2.24) is 29.3 Å². The molecule has 3 aromatic rings. The van der Waals surface area contributed by atoms with Gasteiger partial charge in [-0.15, -0.1) is 0 Å². The lowest BCUT2D eigenvalue weighted by atomic mass is 9.85. The number of benzene rings is 1. The molecule has 2 aromatic heterocycles. The van der Waals surface area contributed by atoms with Gasteiger partial charge in [-0.05, 0) is 48.9 Å². The largest absolute Gasteiger partial charge is 0.465 e. The summed E-state index contributed by atoms with van der Waals surface area (Å²) in [4.78, 5) is 42.4. The van der Waals surface area contributed by atoms with Crippen molar-refractivity contribution in [3.05, 3.63) is 51.9 Å². The zero-order valence-corrected chi connectivity index (χ0v) is 24.1. The van der Waals surface area contributed by atoms with Crippen LogP contribution in [0.2, 0.25) is 10.0 Å². The molecular formula is C28H31Cl2N7O3. The fraction of sp³-hybridized carbons (Fsp3) is 0.464. The summed E-state index contributed by atoms with van der Waals surface area (Å²) in [5.74, 6) is 2.02. The summed E-state index contributed by atoms with van der Waals surface area (Å²) < 4.78 is 1.89. The van der Waals surface area contributed by atoms with Crippen molar-refractivity contribution in [2.24, 2.45) is 11.3 Å². The molecule has 40 heavy (non-hydrogen) atoms. The molecule has 12 heteroatoms. The number of likely N-dealkylation sites (tertiary alicyclic amines) is 1. The van der Waals surface area contributed by atoms with Gasteiger partial charge in [0.15, 0.2) is 0 Å². The molecule has 2 N–H and O–H groups in total. The predicted molar refractivity (Wildman–Crippen MR) is 152 cm³/mol. The van der Waals surface area contributed by atoms with Crippen molar-refractivity contribution in [2.75, 3.05) is 18.4 Å². The Morgan fingerprint density at radius 3 is 2.52 bits per heavy atom. The molecule has 2 unspecified atom stereocenters. The van der Waals surface area contributed by atoms with Crippen LogP contribution in [0.3, 0.4) is 0 Å². The monoisotopic (exact) mass is 583 g/mol. The van der Waals surface area contributed by atoms with Gasteiger partial charge in [-0.3, -0.25) is 14.3 Å². The number of aromatic nitrogens is 4. The molecule has 210 valence electrons. The van der Waals surface area contributed by atoms with Crippen molar-refractivity contribution in [3.63, 3.8) is 0 Å². The van der Waals surface area contributed by atoms with E-state index in [4.69, 9.17) is 33.2 Å². The number of anilines is 1.